The molecule has 0 amide bonds. The molecule has 5 unspecified atom stereocenters. The molecule has 0 bridgehead atoms. The number of nitrogens with one attached hydrogen (secondary N) is 1. The van der Waals surface area contributed by atoms with Crippen molar-refractivity contribution < 1.29 is 19.3 Å². The van der Waals surface area contributed by atoms with E-state index in [0.29, 0.717) is 5.76 Å². The first-order valence-electron chi connectivity index (χ1n) is 7.74. The number of allylic oxidation sites excluding steroid dienone is 2. The summed E-state index contributed by atoms with van der Waals surface area (Å²) < 4.78 is 17.2. The largest absolute Gasteiger partial charge is 0.508 e. The number of fused-ring (bicyclic) bond motifs is 4. The highest BCUT2D eigenvalue weighted by molar-refractivity contribution is 5.34. The van der Waals surface area contributed by atoms with Gasteiger partial charge in [-0.05, 0) is 30.7 Å². The Kier molecular flexibility index (Phi) is 3.18. The van der Waals surface area contributed by atoms with Gasteiger partial charge in [0.15, 0.2) is 5.76 Å². The molecule has 22 heavy (non-hydrogen) atoms. The fraction of sp³-hybridized carbons (Fsp3) is 0.529. The van der Waals surface area contributed by atoms with Crippen LogP contribution in [0.4, 0.5) is 0 Å². The van der Waals surface area contributed by atoms with Crippen LogP contribution in [0.2, 0.25) is 0 Å². The van der Waals surface area contributed by atoms with Crippen LogP contribution in [0, 0.1) is 11.8 Å². The van der Waals surface area contributed by atoms with Crippen molar-refractivity contribution in [2.45, 2.75) is 31.0 Å². The molecule has 0 spiro atoms. The SMILES string of the molecule is COC1=CCC2C(OC)=C3OC4C=CC(O)=CC4C3NC2C1. The molecule has 5 nitrogen and oxygen atoms in total. The number of ether oxygens (including phenoxy) is 3. The quantitative estimate of drug-likeness (QED) is 0.818. The number of hydrogen-bond donors (Lipinski definition) is 2. The molecule has 0 aromatic rings. The van der Waals surface area contributed by atoms with E-state index in [4.69, 9.17) is 14.2 Å². The van der Waals surface area contributed by atoms with Gasteiger partial charge in [0, 0.05) is 24.3 Å². The van der Waals surface area contributed by atoms with Gasteiger partial charge in [-0.1, -0.05) is 0 Å². The van der Waals surface area contributed by atoms with E-state index in [1.54, 1.807) is 20.3 Å². The van der Waals surface area contributed by atoms with Crippen LogP contribution >= 0.6 is 0 Å². The Morgan fingerprint density at radius 3 is 2.95 bits per heavy atom. The van der Waals surface area contributed by atoms with E-state index >= 15 is 0 Å². The molecule has 2 aliphatic heterocycles. The maximum absolute atomic E-state index is 9.80. The minimum atomic E-state index is -0.0384. The van der Waals surface area contributed by atoms with Gasteiger partial charge in [0.1, 0.15) is 17.6 Å². The Labute approximate surface area is 129 Å². The number of rotatable bonds is 2. The van der Waals surface area contributed by atoms with Crippen molar-refractivity contribution in [1.82, 2.24) is 5.32 Å². The Hall–Kier alpha value is -1.88. The summed E-state index contributed by atoms with van der Waals surface area (Å²) in [4.78, 5) is 0. The summed E-state index contributed by atoms with van der Waals surface area (Å²) in [7, 11) is 3.43. The van der Waals surface area contributed by atoms with Crippen molar-refractivity contribution in [2.24, 2.45) is 11.8 Å². The first kappa shape index (κ1) is 13.8. The van der Waals surface area contributed by atoms with Crippen LogP contribution in [0.15, 0.2) is 47.3 Å². The molecule has 0 aromatic heterocycles. The van der Waals surface area contributed by atoms with Crippen LogP contribution in [0.5, 0.6) is 0 Å². The van der Waals surface area contributed by atoms with Gasteiger partial charge in [0.05, 0.1) is 26.0 Å². The molecule has 5 atom stereocenters. The van der Waals surface area contributed by atoms with Gasteiger partial charge in [-0.15, -0.1) is 0 Å². The van der Waals surface area contributed by atoms with E-state index in [1.165, 1.54) is 0 Å². The zero-order valence-corrected chi connectivity index (χ0v) is 12.8. The lowest BCUT2D eigenvalue weighted by atomic mass is 9.79. The second kappa shape index (κ2) is 5.09. The number of aliphatic hydroxyl groups is 1. The second-order valence-electron chi connectivity index (χ2n) is 6.21. The van der Waals surface area contributed by atoms with Gasteiger partial charge in [-0.2, -0.15) is 0 Å². The third-order valence-corrected chi connectivity index (χ3v) is 5.09. The maximum Gasteiger partial charge on any atom is 0.152 e. The molecule has 0 radical (unpaired) electrons. The zero-order valence-electron chi connectivity index (χ0n) is 12.8. The van der Waals surface area contributed by atoms with Crippen molar-refractivity contribution in [3.8, 4) is 0 Å². The Morgan fingerprint density at radius 2 is 2.18 bits per heavy atom. The summed E-state index contributed by atoms with van der Waals surface area (Å²) >= 11 is 0. The first-order chi connectivity index (χ1) is 10.7. The smallest absolute Gasteiger partial charge is 0.152 e. The topological polar surface area (TPSA) is 60.0 Å². The predicted molar refractivity (Wildman–Crippen MR) is 80.8 cm³/mol. The van der Waals surface area contributed by atoms with Gasteiger partial charge in [-0.25, -0.2) is 0 Å². The summed E-state index contributed by atoms with van der Waals surface area (Å²) in [5.41, 5.74) is 0. The van der Waals surface area contributed by atoms with Gasteiger partial charge >= 0.3 is 0 Å². The van der Waals surface area contributed by atoms with Crippen LogP contribution in [-0.4, -0.2) is 37.5 Å². The average molecular weight is 303 g/mol. The van der Waals surface area contributed by atoms with E-state index in [-0.39, 0.29) is 30.0 Å². The third-order valence-electron chi connectivity index (χ3n) is 5.09. The van der Waals surface area contributed by atoms with Crippen molar-refractivity contribution in [2.75, 3.05) is 14.2 Å². The highest BCUT2D eigenvalue weighted by atomic mass is 16.5. The summed E-state index contributed by atoms with van der Waals surface area (Å²) in [6.07, 6.45) is 9.32. The molecular formula is C17H21NO4. The first-order valence-corrected chi connectivity index (χ1v) is 7.74. The van der Waals surface area contributed by atoms with Gasteiger partial charge in [0.2, 0.25) is 0 Å². The van der Waals surface area contributed by atoms with Gasteiger partial charge < -0.3 is 24.6 Å². The molecule has 2 N–H and O–H groups in total. The van der Waals surface area contributed by atoms with Crippen molar-refractivity contribution in [3.63, 3.8) is 0 Å². The van der Waals surface area contributed by atoms with Crippen LogP contribution in [0.1, 0.15) is 12.8 Å². The Morgan fingerprint density at radius 1 is 1.32 bits per heavy atom. The van der Waals surface area contributed by atoms with E-state index in [0.717, 1.165) is 30.1 Å². The lowest BCUT2D eigenvalue weighted by Crippen LogP contribution is -2.51. The second-order valence-corrected chi connectivity index (χ2v) is 6.21. The Bertz CT molecular complexity index is 604. The van der Waals surface area contributed by atoms with Gasteiger partial charge in [0.25, 0.3) is 0 Å². The normalized spacial score (nSPS) is 39.1. The highest BCUT2D eigenvalue weighted by Crippen LogP contribution is 2.44. The van der Waals surface area contributed by atoms with Crippen LogP contribution in [-0.2, 0) is 14.2 Å². The summed E-state index contributed by atoms with van der Waals surface area (Å²) in [6.45, 7) is 0. The monoisotopic (exact) mass is 303 g/mol. The highest BCUT2D eigenvalue weighted by Gasteiger charge is 2.49. The van der Waals surface area contributed by atoms with Crippen molar-refractivity contribution >= 4 is 0 Å². The molecular weight excluding hydrogens is 282 g/mol. The van der Waals surface area contributed by atoms with Gasteiger partial charge in [-0.3, -0.25) is 0 Å². The van der Waals surface area contributed by atoms with Crippen LogP contribution in [0.3, 0.4) is 0 Å². The molecule has 4 aliphatic rings. The van der Waals surface area contributed by atoms with Crippen LogP contribution < -0.4 is 5.32 Å². The summed E-state index contributed by atoms with van der Waals surface area (Å²) in [5, 5.41) is 13.5. The van der Waals surface area contributed by atoms with E-state index in [1.807, 2.05) is 12.2 Å². The molecule has 2 aliphatic carbocycles. The standard InChI is InChI=1S/C17H21NO4/c1-20-10-4-5-11-13(8-10)18-15-12-7-9(19)3-6-14(12)22-17(15)16(11)21-2/h3-4,6-7,11-15,18-19H,5,8H2,1-2H3. The van der Waals surface area contributed by atoms with Crippen molar-refractivity contribution in [3.05, 3.63) is 47.3 Å². The molecule has 1 fully saturated rings. The summed E-state index contributed by atoms with van der Waals surface area (Å²) in [5.74, 6) is 3.53. The van der Waals surface area contributed by atoms with Crippen molar-refractivity contribution in [1.29, 1.82) is 0 Å². The lowest BCUT2D eigenvalue weighted by molar-refractivity contribution is 0.119. The van der Waals surface area contributed by atoms with E-state index < -0.39 is 0 Å². The zero-order chi connectivity index (χ0) is 15.3. The molecule has 1 saturated heterocycles. The minimum absolute atomic E-state index is 0.0384. The molecule has 4 rings (SSSR count). The number of aliphatic hydroxyl groups excluding tert-OH is 1. The lowest BCUT2D eigenvalue weighted by Gasteiger charge is -2.39. The minimum Gasteiger partial charge on any atom is -0.508 e. The Balaban J connectivity index is 1.70. The van der Waals surface area contributed by atoms with E-state index in [9.17, 15) is 5.11 Å². The molecule has 2 heterocycles. The third kappa shape index (κ3) is 1.96. The van der Waals surface area contributed by atoms with E-state index in [2.05, 4.69) is 11.4 Å². The molecule has 0 aromatic carbocycles. The summed E-state index contributed by atoms with van der Waals surface area (Å²) in [6, 6.07) is 0.317. The fourth-order valence-corrected chi connectivity index (χ4v) is 4.03. The van der Waals surface area contributed by atoms with Crippen LogP contribution in [0.25, 0.3) is 0 Å². The molecule has 0 saturated carbocycles. The maximum atomic E-state index is 9.80. The number of methoxy groups -OCH3 is 2. The molecule has 118 valence electrons. The molecule has 5 heteroatoms. The average Bonchev–Trinajstić information content (AvgIpc) is 2.89. The number of hydrogen-bond acceptors (Lipinski definition) is 5. The predicted octanol–water partition coefficient (Wildman–Crippen LogP) is 2.15. The fourth-order valence-electron chi connectivity index (χ4n) is 4.03.